The topological polar surface area (TPSA) is 12.0 Å². The predicted molar refractivity (Wildman–Crippen MR) is 104 cm³/mol. The summed E-state index contributed by atoms with van der Waals surface area (Å²) in [6.45, 7) is 0. The number of thiophene rings is 1. The molecule has 3 atom stereocenters. The van der Waals surface area contributed by atoms with Gasteiger partial charge >= 0.3 is 0 Å². The number of hydrogen-bond donors (Lipinski definition) is 1. The zero-order valence-corrected chi connectivity index (χ0v) is 14.3. The van der Waals surface area contributed by atoms with Crippen molar-refractivity contribution < 1.29 is 0 Å². The van der Waals surface area contributed by atoms with Gasteiger partial charge in [0.25, 0.3) is 0 Å². The third-order valence-corrected chi connectivity index (χ3v) is 7.60. The summed E-state index contributed by atoms with van der Waals surface area (Å²) in [5, 5.41) is 5.40. The molecular weight excluding hydrogens is 322 g/mol. The highest BCUT2D eigenvalue weighted by Gasteiger charge is 2.73. The van der Waals surface area contributed by atoms with Crippen molar-refractivity contribution >= 4 is 27.1 Å². The Morgan fingerprint density at radius 2 is 1.48 bits per heavy atom. The van der Waals surface area contributed by atoms with E-state index in [-0.39, 0.29) is 5.54 Å². The molecule has 25 heavy (non-hydrogen) atoms. The van der Waals surface area contributed by atoms with Crippen LogP contribution >= 0.6 is 11.3 Å². The lowest BCUT2D eigenvalue weighted by Crippen LogP contribution is -2.22. The highest BCUT2D eigenvalue weighted by Crippen LogP contribution is 2.79. The number of para-hydroxylation sites is 1. The van der Waals surface area contributed by atoms with Gasteiger partial charge in [-0.2, -0.15) is 0 Å². The maximum Gasteiger partial charge on any atom is 0.0797 e. The first-order chi connectivity index (χ1) is 12.4. The van der Waals surface area contributed by atoms with Gasteiger partial charge in [0.15, 0.2) is 0 Å². The van der Waals surface area contributed by atoms with E-state index in [0.29, 0.717) is 11.8 Å². The largest absolute Gasteiger partial charge is 0.374 e. The first-order valence-electron chi connectivity index (χ1n) is 8.88. The number of anilines is 1. The fraction of sp³-hybridized carbons (Fsp3) is 0.130. The highest BCUT2D eigenvalue weighted by atomic mass is 32.1. The van der Waals surface area contributed by atoms with Crippen LogP contribution < -0.4 is 5.32 Å². The van der Waals surface area contributed by atoms with Crippen molar-refractivity contribution in [2.75, 3.05) is 5.32 Å². The van der Waals surface area contributed by atoms with Gasteiger partial charge in [-0.05, 0) is 34.2 Å². The van der Waals surface area contributed by atoms with Crippen LogP contribution in [0.25, 0.3) is 20.5 Å². The van der Waals surface area contributed by atoms with E-state index in [1.54, 1.807) is 0 Å². The summed E-state index contributed by atoms with van der Waals surface area (Å²) in [4.78, 5) is 1.47. The monoisotopic (exact) mass is 337 g/mol. The van der Waals surface area contributed by atoms with Crippen LogP contribution in [0.2, 0.25) is 0 Å². The highest BCUT2D eigenvalue weighted by molar-refractivity contribution is 7.22. The van der Waals surface area contributed by atoms with E-state index in [9.17, 15) is 0 Å². The first-order valence-corrected chi connectivity index (χ1v) is 9.69. The molecule has 0 saturated heterocycles. The standard InChI is InChI=1S/C23H15NS/c1-2-8-14-13(7-1)19-20-15-9-3-5-11-17(15)24-23(19,20)21-16-10-4-6-12-18(16)25-22(14)21/h1-12,19-20,24H/t19?,20?,23-/m1/s1. The summed E-state index contributed by atoms with van der Waals surface area (Å²) < 4.78 is 1.40. The lowest BCUT2D eigenvalue weighted by atomic mass is 9.86. The molecule has 2 heterocycles. The number of benzene rings is 3. The Morgan fingerprint density at radius 3 is 2.44 bits per heavy atom. The van der Waals surface area contributed by atoms with Crippen molar-refractivity contribution in [3.63, 3.8) is 0 Å². The average Bonchev–Trinajstić information content (AvgIpc) is 2.99. The second-order valence-electron chi connectivity index (χ2n) is 7.43. The lowest BCUT2D eigenvalue weighted by molar-refractivity contribution is 0.776. The zero-order chi connectivity index (χ0) is 16.2. The molecule has 0 amide bonds. The second-order valence-corrected chi connectivity index (χ2v) is 8.48. The van der Waals surface area contributed by atoms with Crippen LogP contribution in [0.4, 0.5) is 5.69 Å². The fourth-order valence-corrected chi connectivity index (χ4v) is 6.82. The number of hydrogen-bond acceptors (Lipinski definition) is 2. The van der Waals surface area contributed by atoms with Crippen molar-refractivity contribution in [2.45, 2.75) is 17.4 Å². The van der Waals surface area contributed by atoms with Gasteiger partial charge in [-0.25, -0.2) is 0 Å². The average molecular weight is 337 g/mol. The SMILES string of the molecule is c1ccc2c(c1)N[C@]13c4c(sc5ccccc45)-c4ccccc4C1C23. The Labute approximate surface area is 149 Å². The van der Waals surface area contributed by atoms with E-state index in [1.165, 1.54) is 42.9 Å². The molecule has 1 aromatic heterocycles. The molecule has 0 bridgehead atoms. The molecule has 1 aliphatic heterocycles. The predicted octanol–water partition coefficient (Wildman–Crippen LogP) is 6.08. The summed E-state index contributed by atoms with van der Waals surface area (Å²) in [7, 11) is 0. The Kier molecular flexibility index (Phi) is 2.02. The van der Waals surface area contributed by atoms with Gasteiger partial charge in [-0.15, -0.1) is 11.3 Å². The lowest BCUT2D eigenvalue weighted by Gasteiger charge is -2.26. The molecular formula is C23H15NS. The molecule has 118 valence electrons. The quantitative estimate of drug-likeness (QED) is 0.410. The second kappa shape index (κ2) is 3.97. The third kappa shape index (κ3) is 1.28. The van der Waals surface area contributed by atoms with Crippen molar-refractivity contribution in [3.8, 4) is 10.4 Å². The van der Waals surface area contributed by atoms with Gasteiger partial charge in [0.05, 0.1) is 5.54 Å². The molecule has 3 aliphatic rings. The van der Waals surface area contributed by atoms with E-state index in [2.05, 4.69) is 78.1 Å². The molecule has 1 N–H and O–H groups in total. The number of nitrogens with one attached hydrogen (secondary N) is 1. The molecule has 2 unspecified atom stereocenters. The Bertz CT molecular complexity index is 1200. The van der Waals surface area contributed by atoms with E-state index >= 15 is 0 Å². The van der Waals surface area contributed by atoms with Crippen molar-refractivity contribution in [2.24, 2.45) is 0 Å². The maximum atomic E-state index is 3.97. The minimum atomic E-state index is 0.0625. The van der Waals surface area contributed by atoms with Crippen molar-refractivity contribution in [1.82, 2.24) is 0 Å². The Hall–Kier alpha value is -2.58. The molecule has 2 heteroatoms. The fourth-order valence-electron chi connectivity index (χ4n) is 5.49. The van der Waals surface area contributed by atoms with E-state index in [4.69, 9.17) is 0 Å². The Balaban J connectivity index is 1.63. The van der Waals surface area contributed by atoms with Crippen LogP contribution in [0.3, 0.4) is 0 Å². The van der Waals surface area contributed by atoms with Crippen LogP contribution in [-0.4, -0.2) is 0 Å². The van der Waals surface area contributed by atoms with Gasteiger partial charge < -0.3 is 5.32 Å². The summed E-state index contributed by atoms with van der Waals surface area (Å²) in [6.07, 6.45) is 0. The van der Waals surface area contributed by atoms with Crippen LogP contribution in [0.5, 0.6) is 0 Å². The smallest absolute Gasteiger partial charge is 0.0797 e. The molecule has 7 rings (SSSR count). The van der Waals surface area contributed by atoms with Crippen molar-refractivity contribution in [3.05, 3.63) is 89.5 Å². The number of rotatable bonds is 0. The van der Waals surface area contributed by atoms with E-state index in [0.717, 1.165) is 0 Å². The van der Waals surface area contributed by atoms with Crippen LogP contribution in [0.15, 0.2) is 72.8 Å². The molecule has 1 fully saturated rings. The summed E-state index contributed by atoms with van der Waals surface area (Å²) >= 11 is 1.96. The molecule has 1 saturated carbocycles. The maximum absolute atomic E-state index is 3.97. The van der Waals surface area contributed by atoms with E-state index < -0.39 is 0 Å². The van der Waals surface area contributed by atoms with Gasteiger partial charge in [0.1, 0.15) is 0 Å². The summed E-state index contributed by atoms with van der Waals surface area (Å²) in [5.74, 6) is 1.12. The van der Waals surface area contributed by atoms with Gasteiger partial charge in [-0.1, -0.05) is 60.7 Å². The molecule has 0 radical (unpaired) electrons. The molecule has 1 spiro atoms. The van der Waals surface area contributed by atoms with Crippen LogP contribution in [0, 0.1) is 0 Å². The first kappa shape index (κ1) is 12.7. The van der Waals surface area contributed by atoms with E-state index in [1.807, 2.05) is 11.3 Å². The minimum Gasteiger partial charge on any atom is -0.374 e. The number of fused-ring (bicyclic) bond motifs is 9. The molecule has 3 aromatic carbocycles. The zero-order valence-electron chi connectivity index (χ0n) is 13.5. The molecule has 2 aliphatic carbocycles. The van der Waals surface area contributed by atoms with Crippen LogP contribution in [0.1, 0.15) is 28.5 Å². The van der Waals surface area contributed by atoms with Gasteiger partial charge in [0, 0.05) is 32.7 Å². The van der Waals surface area contributed by atoms with Gasteiger partial charge in [0.2, 0.25) is 0 Å². The summed E-state index contributed by atoms with van der Waals surface area (Å²) in [5.41, 5.74) is 7.39. The Morgan fingerprint density at radius 1 is 0.760 bits per heavy atom. The van der Waals surface area contributed by atoms with Crippen molar-refractivity contribution in [1.29, 1.82) is 0 Å². The molecule has 4 aromatic rings. The molecule has 1 nitrogen and oxygen atoms in total. The minimum absolute atomic E-state index is 0.0625. The normalized spacial score (nSPS) is 26.9. The van der Waals surface area contributed by atoms with Gasteiger partial charge in [-0.3, -0.25) is 0 Å². The summed E-state index contributed by atoms with van der Waals surface area (Å²) in [6, 6.07) is 26.8. The third-order valence-electron chi connectivity index (χ3n) is 6.39. The van der Waals surface area contributed by atoms with Crippen LogP contribution in [-0.2, 0) is 5.54 Å².